The summed E-state index contributed by atoms with van der Waals surface area (Å²) in [6.45, 7) is 2.60. The molecule has 18 heavy (non-hydrogen) atoms. The van der Waals surface area contributed by atoms with E-state index in [0.717, 1.165) is 21.2 Å². The molecule has 2 aromatic carbocycles. The Balaban J connectivity index is 2.08. The highest BCUT2D eigenvalue weighted by Gasteiger charge is 2.03. The van der Waals surface area contributed by atoms with Crippen molar-refractivity contribution in [1.82, 2.24) is 0 Å². The zero-order valence-corrected chi connectivity index (χ0v) is 12.2. The topological polar surface area (TPSA) is 26.3 Å². The Hall–Kier alpha value is -1.36. The van der Waals surface area contributed by atoms with Crippen LogP contribution in [0.15, 0.2) is 42.5 Å². The molecule has 0 amide bonds. The van der Waals surface area contributed by atoms with Crippen molar-refractivity contribution in [2.75, 3.05) is 0 Å². The summed E-state index contributed by atoms with van der Waals surface area (Å²) in [5, 5.41) is 0. The molecule has 0 saturated carbocycles. The second-order valence-electron chi connectivity index (χ2n) is 4.09. The van der Waals surface area contributed by atoms with Gasteiger partial charge in [-0.15, -0.1) is 0 Å². The smallest absolute Gasteiger partial charge is 0.150 e. The van der Waals surface area contributed by atoms with Crippen LogP contribution >= 0.6 is 22.6 Å². The zero-order chi connectivity index (χ0) is 13.0. The molecular weight excluding hydrogens is 339 g/mol. The molecule has 92 valence electrons. The minimum absolute atomic E-state index is 0.540. The second-order valence-corrected chi connectivity index (χ2v) is 5.25. The number of rotatable bonds is 4. The monoisotopic (exact) mass is 352 g/mol. The summed E-state index contributed by atoms with van der Waals surface area (Å²) < 4.78 is 6.70. The average molecular weight is 352 g/mol. The van der Waals surface area contributed by atoms with Crippen LogP contribution < -0.4 is 4.74 Å². The zero-order valence-electron chi connectivity index (χ0n) is 10.0. The maximum absolute atomic E-state index is 10.6. The first-order valence-electron chi connectivity index (χ1n) is 5.62. The lowest BCUT2D eigenvalue weighted by Gasteiger charge is -2.09. The van der Waals surface area contributed by atoms with E-state index < -0.39 is 0 Å². The van der Waals surface area contributed by atoms with Gasteiger partial charge in [0.2, 0.25) is 0 Å². The molecule has 0 aliphatic rings. The highest BCUT2D eigenvalue weighted by Crippen LogP contribution is 2.22. The van der Waals surface area contributed by atoms with E-state index in [1.807, 2.05) is 24.3 Å². The maximum atomic E-state index is 10.6. The van der Waals surface area contributed by atoms with E-state index >= 15 is 0 Å². The highest BCUT2D eigenvalue weighted by atomic mass is 127. The van der Waals surface area contributed by atoms with Crippen LogP contribution in [0.25, 0.3) is 0 Å². The number of aryl methyl sites for hydroxylation is 1. The molecule has 0 spiro atoms. The first-order valence-corrected chi connectivity index (χ1v) is 6.70. The van der Waals surface area contributed by atoms with Crippen molar-refractivity contribution in [3.8, 4) is 5.75 Å². The Bertz CT molecular complexity index is 564. The third kappa shape index (κ3) is 3.32. The molecule has 3 heteroatoms. The van der Waals surface area contributed by atoms with E-state index in [9.17, 15) is 4.79 Å². The van der Waals surface area contributed by atoms with E-state index in [4.69, 9.17) is 4.74 Å². The van der Waals surface area contributed by atoms with Crippen molar-refractivity contribution in [2.24, 2.45) is 0 Å². The van der Waals surface area contributed by atoms with E-state index in [-0.39, 0.29) is 0 Å². The predicted octanol–water partition coefficient (Wildman–Crippen LogP) is 3.99. The molecule has 0 atom stereocenters. The van der Waals surface area contributed by atoms with Crippen molar-refractivity contribution < 1.29 is 9.53 Å². The number of hydrogen-bond acceptors (Lipinski definition) is 2. The molecule has 0 saturated heterocycles. The Kier molecular flexibility index (Phi) is 4.36. The van der Waals surface area contributed by atoms with E-state index in [1.165, 1.54) is 5.56 Å². The normalized spacial score (nSPS) is 10.1. The summed E-state index contributed by atoms with van der Waals surface area (Å²) >= 11 is 2.17. The van der Waals surface area contributed by atoms with Crippen LogP contribution in [0.2, 0.25) is 0 Å². The first-order chi connectivity index (χ1) is 8.69. The fourth-order valence-corrected chi connectivity index (χ4v) is 2.37. The molecule has 0 heterocycles. The number of aldehydes is 1. The van der Waals surface area contributed by atoms with Crippen LogP contribution in [0.5, 0.6) is 5.75 Å². The quantitative estimate of drug-likeness (QED) is 0.614. The van der Waals surface area contributed by atoms with Crippen molar-refractivity contribution >= 4 is 28.9 Å². The average Bonchev–Trinajstić information content (AvgIpc) is 2.37. The van der Waals surface area contributed by atoms with Crippen LogP contribution in [0.3, 0.4) is 0 Å². The highest BCUT2D eigenvalue weighted by molar-refractivity contribution is 14.1. The lowest BCUT2D eigenvalue weighted by Crippen LogP contribution is -1.97. The molecule has 2 rings (SSSR count). The summed E-state index contributed by atoms with van der Waals surface area (Å²) in [5.41, 5.74) is 3.04. The van der Waals surface area contributed by atoms with Crippen molar-refractivity contribution in [2.45, 2.75) is 13.5 Å². The van der Waals surface area contributed by atoms with Crippen LogP contribution in [-0.2, 0) is 6.61 Å². The summed E-state index contributed by atoms with van der Waals surface area (Å²) in [7, 11) is 0. The van der Waals surface area contributed by atoms with Crippen LogP contribution in [-0.4, -0.2) is 6.29 Å². The van der Waals surface area contributed by atoms with Gasteiger partial charge in [0.15, 0.2) is 0 Å². The van der Waals surface area contributed by atoms with E-state index in [1.54, 1.807) is 6.07 Å². The third-order valence-corrected chi connectivity index (χ3v) is 3.41. The number of ether oxygens (including phenoxy) is 1. The molecule has 0 aliphatic heterocycles. The van der Waals surface area contributed by atoms with Gasteiger partial charge >= 0.3 is 0 Å². The predicted molar refractivity (Wildman–Crippen MR) is 80.1 cm³/mol. The molecule has 0 aromatic heterocycles. The van der Waals surface area contributed by atoms with Crippen molar-refractivity contribution in [3.05, 3.63) is 62.7 Å². The van der Waals surface area contributed by atoms with Gasteiger partial charge in [0.05, 0.1) is 3.57 Å². The number of carbonyl (C=O) groups excluding carboxylic acids is 1. The molecule has 0 aliphatic carbocycles. The SMILES string of the molecule is Cc1cccc(COc2ccc(C=O)cc2I)c1. The van der Waals surface area contributed by atoms with Crippen molar-refractivity contribution in [1.29, 1.82) is 0 Å². The van der Waals surface area contributed by atoms with Gasteiger partial charge in [0.1, 0.15) is 18.6 Å². The van der Waals surface area contributed by atoms with Crippen LogP contribution in [0.4, 0.5) is 0 Å². The third-order valence-electron chi connectivity index (χ3n) is 2.57. The molecule has 0 fully saturated rings. The van der Waals surface area contributed by atoms with Gasteiger partial charge in [-0.25, -0.2) is 0 Å². The molecule has 0 radical (unpaired) electrons. The van der Waals surface area contributed by atoms with Crippen LogP contribution in [0, 0.1) is 10.5 Å². The van der Waals surface area contributed by atoms with Crippen molar-refractivity contribution in [3.63, 3.8) is 0 Å². The molecular formula is C15H13IO2. The largest absolute Gasteiger partial charge is 0.488 e. The minimum atomic E-state index is 0.540. The summed E-state index contributed by atoms with van der Waals surface area (Å²) in [6, 6.07) is 13.6. The fourth-order valence-electron chi connectivity index (χ4n) is 1.67. The fraction of sp³-hybridized carbons (Fsp3) is 0.133. The van der Waals surface area contributed by atoms with Gasteiger partial charge in [-0.2, -0.15) is 0 Å². The number of benzene rings is 2. The Labute approximate surface area is 120 Å². The van der Waals surface area contributed by atoms with Gasteiger partial charge in [0.25, 0.3) is 0 Å². The molecule has 0 unspecified atom stereocenters. The number of hydrogen-bond donors (Lipinski definition) is 0. The molecule has 2 nitrogen and oxygen atoms in total. The van der Waals surface area contributed by atoms with Crippen LogP contribution in [0.1, 0.15) is 21.5 Å². The number of halogens is 1. The van der Waals surface area contributed by atoms with Gasteiger partial charge in [-0.1, -0.05) is 29.8 Å². The van der Waals surface area contributed by atoms with Gasteiger partial charge in [0, 0.05) is 5.56 Å². The summed E-state index contributed by atoms with van der Waals surface area (Å²) in [6.07, 6.45) is 0.840. The Morgan fingerprint density at radius 3 is 2.72 bits per heavy atom. The molecule has 2 aromatic rings. The Morgan fingerprint density at radius 1 is 1.22 bits per heavy atom. The number of carbonyl (C=O) groups is 1. The van der Waals surface area contributed by atoms with E-state index in [2.05, 4.69) is 41.6 Å². The second kappa shape index (κ2) is 6.00. The molecule has 0 N–H and O–H groups in total. The Morgan fingerprint density at radius 2 is 2.06 bits per heavy atom. The maximum Gasteiger partial charge on any atom is 0.150 e. The van der Waals surface area contributed by atoms with Gasteiger partial charge < -0.3 is 4.74 Å². The minimum Gasteiger partial charge on any atom is -0.488 e. The summed E-state index contributed by atoms with van der Waals surface area (Å²) in [4.78, 5) is 10.6. The molecule has 0 bridgehead atoms. The lowest BCUT2D eigenvalue weighted by atomic mass is 10.1. The van der Waals surface area contributed by atoms with Gasteiger partial charge in [-0.05, 0) is 53.3 Å². The van der Waals surface area contributed by atoms with E-state index in [0.29, 0.717) is 12.2 Å². The summed E-state index contributed by atoms with van der Waals surface area (Å²) in [5.74, 6) is 0.808. The first kappa shape index (κ1) is 13.1. The standard InChI is InChI=1S/C15H13IO2/c1-11-3-2-4-13(7-11)10-18-15-6-5-12(9-17)8-14(15)16/h2-9H,10H2,1H3. The lowest BCUT2D eigenvalue weighted by molar-refractivity contribution is 0.112. The van der Waals surface area contributed by atoms with Gasteiger partial charge in [-0.3, -0.25) is 4.79 Å².